The van der Waals surface area contributed by atoms with Crippen molar-refractivity contribution in [3.8, 4) is 0 Å². The molecular formula is C8H7Cl2NO. The lowest BCUT2D eigenvalue weighted by molar-refractivity contribution is 0.0974. The van der Waals surface area contributed by atoms with Gasteiger partial charge in [-0.15, -0.1) is 0 Å². The van der Waals surface area contributed by atoms with Crippen molar-refractivity contribution in [2.45, 2.75) is 4.46 Å². The van der Waals surface area contributed by atoms with Crippen LogP contribution in [0, 0.1) is 0 Å². The fraction of sp³-hybridized carbons (Fsp3) is 0.125. The molecule has 0 spiro atoms. The Hall–Kier alpha value is -0.570. The summed E-state index contributed by atoms with van der Waals surface area (Å²) in [6, 6.07) is 8.43. The molecule has 2 N–H and O–H groups in total. The van der Waals surface area contributed by atoms with Gasteiger partial charge in [0.05, 0.1) is 0 Å². The summed E-state index contributed by atoms with van der Waals surface area (Å²) in [7, 11) is 0. The molecule has 12 heavy (non-hydrogen) atoms. The molecule has 0 aliphatic carbocycles. The number of ketones is 1. The van der Waals surface area contributed by atoms with Gasteiger partial charge in [0.1, 0.15) is 0 Å². The Morgan fingerprint density at radius 3 is 2.17 bits per heavy atom. The van der Waals surface area contributed by atoms with Gasteiger partial charge in [-0.1, -0.05) is 53.5 Å². The van der Waals surface area contributed by atoms with Gasteiger partial charge < -0.3 is 0 Å². The van der Waals surface area contributed by atoms with E-state index in [9.17, 15) is 4.79 Å². The number of Topliss-reactive ketones (excluding diaryl/α,β-unsaturated/α-hetero) is 1. The molecule has 0 heterocycles. The summed E-state index contributed by atoms with van der Waals surface area (Å²) in [5.74, 6) is -0.494. The predicted molar refractivity (Wildman–Crippen MR) is 49.4 cm³/mol. The molecule has 0 aliphatic rings. The molecule has 2 nitrogen and oxygen atoms in total. The van der Waals surface area contributed by atoms with Crippen LogP contribution in [0.4, 0.5) is 0 Å². The van der Waals surface area contributed by atoms with Gasteiger partial charge in [-0.2, -0.15) is 0 Å². The second kappa shape index (κ2) is 3.44. The minimum Gasteiger partial charge on any atom is -0.293 e. The molecule has 1 rings (SSSR count). The highest BCUT2D eigenvalue weighted by atomic mass is 35.5. The van der Waals surface area contributed by atoms with Crippen LogP contribution in [0.2, 0.25) is 0 Å². The van der Waals surface area contributed by atoms with E-state index >= 15 is 0 Å². The highest BCUT2D eigenvalue weighted by Gasteiger charge is 2.28. The zero-order chi connectivity index (χ0) is 9.19. The molecule has 4 heteroatoms. The number of alkyl halides is 2. The summed E-state index contributed by atoms with van der Waals surface area (Å²) in [4.78, 5) is 11.3. The Morgan fingerprint density at radius 1 is 1.25 bits per heavy atom. The first kappa shape index (κ1) is 9.52. The number of carbonyl (C=O) groups is 1. The van der Waals surface area contributed by atoms with Gasteiger partial charge in [0, 0.05) is 5.56 Å². The molecule has 64 valence electrons. The lowest BCUT2D eigenvalue weighted by Crippen LogP contribution is -2.35. The molecular weight excluding hydrogens is 197 g/mol. The Morgan fingerprint density at radius 2 is 1.75 bits per heavy atom. The third-order valence-electron chi connectivity index (χ3n) is 1.34. The van der Waals surface area contributed by atoms with E-state index < -0.39 is 10.2 Å². The number of nitrogens with two attached hydrogens (primary N) is 1. The molecule has 0 amide bonds. The van der Waals surface area contributed by atoms with Crippen LogP contribution in [0.25, 0.3) is 0 Å². The van der Waals surface area contributed by atoms with Gasteiger partial charge in [0.25, 0.3) is 0 Å². The molecule has 0 bridgehead atoms. The molecule has 0 saturated heterocycles. The summed E-state index contributed by atoms with van der Waals surface area (Å²) in [5, 5.41) is 0. The van der Waals surface area contributed by atoms with Crippen molar-refractivity contribution in [2.75, 3.05) is 0 Å². The molecule has 0 fully saturated rings. The predicted octanol–water partition coefficient (Wildman–Crippen LogP) is 1.96. The van der Waals surface area contributed by atoms with Crippen molar-refractivity contribution in [1.29, 1.82) is 0 Å². The van der Waals surface area contributed by atoms with Crippen LogP contribution in [0.5, 0.6) is 0 Å². The summed E-state index contributed by atoms with van der Waals surface area (Å²) in [5.41, 5.74) is 5.60. The average molecular weight is 204 g/mol. The number of halogens is 2. The zero-order valence-electron chi connectivity index (χ0n) is 6.13. The fourth-order valence-corrected chi connectivity index (χ4v) is 1.00. The third-order valence-corrected chi connectivity index (χ3v) is 1.68. The molecule has 0 aromatic heterocycles. The largest absolute Gasteiger partial charge is 0.293 e. The summed E-state index contributed by atoms with van der Waals surface area (Å²) >= 11 is 10.8. The summed E-state index contributed by atoms with van der Waals surface area (Å²) in [6.45, 7) is 0. The SMILES string of the molecule is NC(Cl)(Cl)C(=O)c1ccccc1. The van der Waals surface area contributed by atoms with Crippen molar-refractivity contribution in [1.82, 2.24) is 0 Å². The molecule has 0 atom stereocenters. The Labute approximate surface area is 80.3 Å². The fourth-order valence-electron chi connectivity index (χ4n) is 0.782. The second-order valence-electron chi connectivity index (χ2n) is 2.32. The van der Waals surface area contributed by atoms with E-state index in [1.165, 1.54) is 0 Å². The number of benzene rings is 1. The second-order valence-corrected chi connectivity index (χ2v) is 3.70. The van der Waals surface area contributed by atoms with Gasteiger partial charge in [-0.25, -0.2) is 0 Å². The third kappa shape index (κ3) is 2.21. The molecule has 1 aromatic rings. The van der Waals surface area contributed by atoms with Crippen molar-refractivity contribution in [3.05, 3.63) is 35.9 Å². The number of hydrogen-bond acceptors (Lipinski definition) is 2. The van der Waals surface area contributed by atoms with Crippen LogP contribution in [0.3, 0.4) is 0 Å². The quantitative estimate of drug-likeness (QED) is 0.454. The number of carbonyl (C=O) groups excluding carboxylic acids is 1. The highest BCUT2D eigenvalue weighted by Crippen LogP contribution is 2.19. The van der Waals surface area contributed by atoms with Crippen LogP contribution < -0.4 is 5.73 Å². The van der Waals surface area contributed by atoms with Crippen molar-refractivity contribution >= 4 is 29.0 Å². The minimum absolute atomic E-state index is 0.407. The van der Waals surface area contributed by atoms with Crippen LogP contribution in [0.15, 0.2) is 30.3 Å². The van der Waals surface area contributed by atoms with Crippen LogP contribution in [-0.2, 0) is 0 Å². The van der Waals surface area contributed by atoms with E-state index in [1.807, 2.05) is 0 Å². The number of hydrogen-bond donors (Lipinski definition) is 1. The Bertz CT molecular complexity index is 279. The lowest BCUT2D eigenvalue weighted by atomic mass is 10.1. The standard InChI is InChI=1S/C8H7Cl2NO/c9-8(10,11)7(12)6-4-2-1-3-5-6/h1-5H,11H2. The summed E-state index contributed by atoms with van der Waals surface area (Å²) in [6.07, 6.45) is 0. The van der Waals surface area contributed by atoms with E-state index in [0.29, 0.717) is 5.56 Å². The monoisotopic (exact) mass is 203 g/mol. The van der Waals surface area contributed by atoms with Gasteiger partial charge in [0.15, 0.2) is 0 Å². The molecule has 0 unspecified atom stereocenters. The van der Waals surface area contributed by atoms with E-state index in [-0.39, 0.29) is 0 Å². The van der Waals surface area contributed by atoms with E-state index in [1.54, 1.807) is 30.3 Å². The van der Waals surface area contributed by atoms with E-state index in [4.69, 9.17) is 28.9 Å². The Balaban J connectivity index is 2.94. The van der Waals surface area contributed by atoms with Gasteiger partial charge in [-0.3, -0.25) is 10.5 Å². The van der Waals surface area contributed by atoms with Crippen molar-refractivity contribution in [3.63, 3.8) is 0 Å². The smallest absolute Gasteiger partial charge is 0.229 e. The molecule has 0 aliphatic heterocycles. The highest BCUT2D eigenvalue weighted by molar-refractivity contribution is 6.59. The van der Waals surface area contributed by atoms with Crippen LogP contribution in [0.1, 0.15) is 10.4 Å². The van der Waals surface area contributed by atoms with Gasteiger partial charge >= 0.3 is 0 Å². The first-order valence-corrected chi connectivity index (χ1v) is 4.04. The molecule has 1 aromatic carbocycles. The first-order chi connectivity index (χ1) is 5.52. The van der Waals surface area contributed by atoms with Gasteiger partial charge in [-0.05, 0) is 0 Å². The van der Waals surface area contributed by atoms with Crippen LogP contribution in [-0.4, -0.2) is 10.2 Å². The van der Waals surface area contributed by atoms with E-state index in [2.05, 4.69) is 0 Å². The maximum absolute atomic E-state index is 11.3. The lowest BCUT2D eigenvalue weighted by Gasteiger charge is -2.10. The van der Waals surface area contributed by atoms with Gasteiger partial charge in [0.2, 0.25) is 10.2 Å². The number of rotatable bonds is 2. The maximum Gasteiger partial charge on any atom is 0.229 e. The van der Waals surface area contributed by atoms with Crippen molar-refractivity contribution in [2.24, 2.45) is 5.73 Å². The van der Waals surface area contributed by atoms with Crippen molar-refractivity contribution < 1.29 is 4.79 Å². The van der Waals surface area contributed by atoms with Crippen LogP contribution >= 0.6 is 23.2 Å². The normalized spacial score (nSPS) is 11.2. The van der Waals surface area contributed by atoms with E-state index in [0.717, 1.165) is 0 Å². The Kier molecular flexibility index (Phi) is 2.73. The minimum atomic E-state index is -1.83. The molecule has 0 saturated carbocycles. The summed E-state index contributed by atoms with van der Waals surface area (Å²) < 4.78 is -1.83. The zero-order valence-corrected chi connectivity index (χ0v) is 7.64. The first-order valence-electron chi connectivity index (χ1n) is 3.28. The topological polar surface area (TPSA) is 43.1 Å². The average Bonchev–Trinajstić information content (AvgIpc) is 2.03. The maximum atomic E-state index is 11.3. The molecule has 0 radical (unpaired) electrons.